The van der Waals surface area contributed by atoms with E-state index in [-0.39, 0.29) is 12.1 Å². The number of hydrogen-bond acceptors (Lipinski definition) is 3. The topological polar surface area (TPSA) is 44.3 Å². The van der Waals surface area contributed by atoms with Crippen LogP contribution in [0.2, 0.25) is 0 Å². The summed E-state index contributed by atoms with van der Waals surface area (Å²) in [5.41, 5.74) is 0. The Balaban J connectivity index is 3.16. The summed E-state index contributed by atoms with van der Waals surface area (Å²) in [5.74, 6) is 0. The predicted octanol–water partition coefficient (Wildman–Crippen LogP) is -0.478. The molecule has 3 nitrogen and oxygen atoms in total. The first-order valence-corrected chi connectivity index (χ1v) is 3.24. The van der Waals surface area contributed by atoms with Crippen molar-refractivity contribution in [3.05, 3.63) is 0 Å². The molecule has 0 heterocycles. The van der Waals surface area contributed by atoms with Crippen molar-refractivity contribution in [1.29, 1.82) is 0 Å². The van der Waals surface area contributed by atoms with E-state index in [0.29, 0.717) is 0 Å². The van der Waals surface area contributed by atoms with E-state index in [2.05, 4.69) is 10.6 Å². The molecule has 0 aromatic heterocycles. The second kappa shape index (κ2) is 4.73. The summed E-state index contributed by atoms with van der Waals surface area (Å²) in [6.45, 7) is 4.46. The molecule has 3 N–H and O–H groups in total. The van der Waals surface area contributed by atoms with Gasteiger partial charge in [-0.2, -0.15) is 0 Å². The van der Waals surface area contributed by atoms with Crippen LogP contribution in [0.3, 0.4) is 0 Å². The standard InChI is InChI=1S/C6H16N2O/c1-5(6(2)9)8-4-7-3/h5-9H,4H2,1-3H3. The van der Waals surface area contributed by atoms with Crippen molar-refractivity contribution in [2.75, 3.05) is 13.7 Å². The van der Waals surface area contributed by atoms with Gasteiger partial charge in [-0.3, -0.25) is 5.32 Å². The zero-order valence-electron chi connectivity index (χ0n) is 6.31. The molecular formula is C6H16N2O. The molecule has 2 atom stereocenters. The Bertz CT molecular complexity index is 66.1. The summed E-state index contributed by atoms with van der Waals surface area (Å²) in [7, 11) is 1.86. The van der Waals surface area contributed by atoms with Gasteiger partial charge in [0.05, 0.1) is 6.10 Å². The van der Waals surface area contributed by atoms with Crippen LogP contribution in [-0.2, 0) is 0 Å². The number of rotatable bonds is 4. The molecule has 0 aliphatic carbocycles. The SMILES string of the molecule is CNCNC(C)C(C)O. The lowest BCUT2D eigenvalue weighted by Crippen LogP contribution is -2.39. The average molecular weight is 132 g/mol. The van der Waals surface area contributed by atoms with E-state index in [9.17, 15) is 0 Å². The van der Waals surface area contributed by atoms with Gasteiger partial charge in [-0.25, -0.2) is 0 Å². The molecule has 0 aliphatic rings. The predicted molar refractivity (Wildman–Crippen MR) is 38.2 cm³/mol. The maximum atomic E-state index is 8.96. The molecular weight excluding hydrogens is 116 g/mol. The minimum atomic E-state index is -0.279. The third-order valence-electron chi connectivity index (χ3n) is 1.32. The first kappa shape index (κ1) is 8.88. The highest BCUT2D eigenvalue weighted by molar-refractivity contribution is 4.64. The average Bonchev–Trinajstić information content (AvgIpc) is 1.82. The lowest BCUT2D eigenvalue weighted by Gasteiger charge is -2.15. The molecule has 0 amide bonds. The fraction of sp³-hybridized carbons (Fsp3) is 1.00. The summed E-state index contributed by atoms with van der Waals surface area (Å²) < 4.78 is 0. The van der Waals surface area contributed by atoms with E-state index in [1.807, 2.05) is 14.0 Å². The number of aliphatic hydroxyl groups is 1. The molecule has 0 radical (unpaired) electrons. The summed E-state index contributed by atoms with van der Waals surface area (Å²) in [6, 6.07) is 0.164. The second-order valence-electron chi connectivity index (χ2n) is 2.26. The molecule has 0 aromatic carbocycles. The van der Waals surface area contributed by atoms with Gasteiger partial charge >= 0.3 is 0 Å². The summed E-state index contributed by atoms with van der Waals surface area (Å²) in [6.07, 6.45) is -0.279. The molecule has 9 heavy (non-hydrogen) atoms. The van der Waals surface area contributed by atoms with Crippen molar-refractivity contribution in [2.24, 2.45) is 0 Å². The van der Waals surface area contributed by atoms with Gasteiger partial charge in [0.15, 0.2) is 0 Å². The van der Waals surface area contributed by atoms with Crippen molar-refractivity contribution < 1.29 is 5.11 Å². The minimum absolute atomic E-state index is 0.164. The van der Waals surface area contributed by atoms with Gasteiger partial charge in [-0.1, -0.05) is 0 Å². The van der Waals surface area contributed by atoms with Gasteiger partial charge in [0, 0.05) is 12.7 Å². The van der Waals surface area contributed by atoms with Crippen LogP contribution in [0.25, 0.3) is 0 Å². The normalized spacial score (nSPS) is 17.3. The Labute approximate surface area is 56.5 Å². The van der Waals surface area contributed by atoms with E-state index >= 15 is 0 Å². The first-order valence-electron chi connectivity index (χ1n) is 3.24. The van der Waals surface area contributed by atoms with Crippen LogP contribution in [-0.4, -0.2) is 31.0 Å². The highest BCUT2D eigenvalue weighted by atomic mass is 16.3. The maximum absolute atomic E-state index is 8.96. The van der Waals surface area contributed by atoms with Gasteiger partial charge in [-0.05, 0) is 20.9 Å². The smallest absolute Gasteiger partial charge is 0.0662 e. The zero-order chi connectivity index (χ0) is 7.28. The summed E-state index contributed by atoms with van der Waals surface area (Å²) in [4.78, 5) is 0. The summed E-state index contributed by atoms with van der Waals surface area (Å²) in [5, 5.41) is 15.0. The first-order chi connectivity index (χ1) is 4.18. The van der Waals surface area contributed by atoms with Gasteiger partial charge in [0.1, 0.15) is 0 Å². The largest absolute Gasteiger partial charge is 0.392 e. The van der Waals surface area contributed by atoms with Crippen LogP contribution in [0.4, 0.5) is 0 Å². The van der Waals surface area contributed by atoms with E-state index in [4.69, 9.17) is 5.11 Å². The van der Waals surface area contributed by atoms with Crippen LogP contribution in [0.15, 0.2) is 0 Å². The highest BCUT2D eigenvalue weighted by Crippen LogP contribution is 1.87. The number of hydrogen-bond donors (Lipinski definition) is 3. The Morgan fingerprint density at radius 3 is 2.33 bits per heavy atom. The number of nitrogens with one attached hydrogen (secondary N) is 2. The molecule has 0 saturated heterocycles. The molecule has 0 saturated carbocycles. The van der Waals surface area contributed by atoms with Crippen LogP contribution >= 0.6 is 0 Å². The van der Waals surface area contributed by atoms with Crippen LogP contribution in [0.5, 0.6) is 0 Å². The van der Waals surface area contributed by atoms with Crippen molar-refractivity contribution in [3.8, 4) is 0 Å². The van der Waals surface area contributed by atoms with Crippen molar-refractivity contribution >= 4 is 0 Å². The van der Waals surface area contributed by atoms with Crippen molar-refractivity contribution in [2.45, 2.75) is 26.0 Å². The molecule has 0 fully saturated rings. The minimum Gasteiger partial charge on any atom is -0.392 e. The van der Waals surface area contributed by atoms with Crippen LogP contribution in [0.1, 0.15) is 13.8 Å². The van der Waals surface area contributed by atoms with E-state index in [1.54, 1.807) is 6.92 Å². The highest BCUT2D eigenvalue weighted by Gasteiger charge is 2.04. The van der Waals surface area contributed by atoms with Crippen molar-refractivity contribution in [1.82, 2.24) is 10.6 Å². The Morgan fingerprint density at radius 1 is 1.44 bits per heavy atom. The van der Waals surface area contributed by atoms with E-state index in [0.717, 1.165) is 6.67 Å². The molecule has 2 unspecified atom stereocenters. The van der Waals surface area contributed by atoms with Crippen LogP contribution < -0.4 is 10.6 Å². The second-order valence-corrected chi connectivity index (χ2v) is 2.26. The van der Waals surface area contributed by atoms with Crippen LogP contribution in [0, 0.1) is 0 Å². The van der Waals surface area contributed by atoms with Gasteiger partial charge in [0.2, 0.25) is 0 Å². The molecule has 56 valence electrons. The Hall–Kier alpha value is -0.120. The zero-order valence-corrected chi connectivity index (χ0v) is 6.31. The van der Waals surface area contributed by atoms with Gasteiger partial charge in [0.25, 0.3) is 0 Å². The molecule has 3 heteroatoms. The lowest BCUT2D eigenvalue weighted by atomic mass is 10.2. The Morgan fingerprint density at radius 2 is 2.00 bits per heavy atom. The lowest BCUT2D eigenvalue weighted by molar-refractivity contribution is 0.152. The van der Waals surface area contributed by atoms with E-state index < -0.39 is 0 Å². The van der Waals surface area contributed by atoms with Gasteiger partial charge in [-0.15, -0.1) is 0 Å². The third-order valence-corrected chi connectivity index (χ3v) is 1.32. The quantitative estimate of drug-likeness (QED) is 0.453. The molecule has 0 aromatic rings. The van der Waals surface area contributed by atoms with E-state index in [1.165, 1.54) is 0 Å². The monoisotopic (exact) mass is 132 g/mol. The third kappa shape index (κ3) is 4.39. The molecule has 0 bridgehead atoms. The van der Waals surface area contributed by atoms with Crippen molar-refractivity contribution in [3.63, 3.8) is 0 Å². The molecule has 0 spiro atoms. The Kier molecular flexibility index (Phi) is 4.67. The van der Waals surface area contributed by atoms with Gasteiger partial charge < -0.3 is 10.4 Å². The molecule has 0 rings (SSSR count). The fourth-order valence-corrected chi connectivity index (χ4v) is 0.434. The maximum Gasteiger partial charge on any atom is 0.0662 e. The fourth-order valence-electron chi connectivity index (χ4n) is 0.434. The molecule has 0 aliphatic heterocycles. The number of aliphatic hydroxyl groups excluding tert-OH is 1. The summed E-state index contributed by atoms with van der Waals surface area (Å²) >= 11 is 0.